The van der Waals surface area contributed by atoms with Gasteiger partial charge in [-0.1, -0.05) is 12.1 Å². The summed E-state index contributed by atoms with van der Waals surface area (Å²) in [5.41, 5.74) is 2.38. The Hall–Kier alpha value is -1.19. The van der Waals surface area contributed by atoms with E-state index < -0.39 is 0 Å². The number of rotatable bonds is 1. The highest BCUT2D eigenvalue weighted by Crippen LogP contribution is 2.29. The molecule has 2 aromatic heterocycles. The van der Waals surface area contributed by atoms with Crippen LogP contribution in [0.2, 0.25) is 0 Å². The van der Waals surface area contributed by atoms with Gasteiger partial charge in [0.2, 0.25) is 0 Å². The van der Waals surface area contributed by atoms with E-state index in [1.165, 1.54) is 15.1 Å². The maximum Gasteiger partial charge on any atom is 0.0907 e. The SMILES string of the molecule is Cc1nc2cc(-c3cccs3)ccc2s1. The number of aromatic nitrogens is 1. The predicted molar refractivity (Wildman–Crippen MR) is 67.7 cm³/mol. The Labute approximate surface area is 96.0 Å². The fourth-order valence-corrected chi connectivity index (χ4v) is 3.17. The summed E-state index contributed by atoms with van der Waals surface area (Å²) in [6.07, 6.45) is 0. The van der Waals surface area contributed by atoms with Crippen LogP contribution in [0.3, 0.4) is 0 Å². The molecule has 3 rings (SSSR count). The zero-order valence-electron chi connectivity index (χ0n) is 8.23. The van der Waals surface area contributed by atoms with Gasteiger partial charge in [0.1, 0.15) is 0 Å². The van der Waals surface area contributed by atoms with Crippen LogP contribution in [0.4, 0.5) is 0 Å². The first kappa shape index (κ1) is 9.07. The van der Waals surface area contributed by atoms with E-state index in [1.807, 2.05) is 0 Å². The van der Waals surface area contributed by atoms with Crippen LogP contribution >= 0.6 is 22.7 Å². The zero-order chi connectivity index (χ0) is 10.3. The van der Waals surface area contributed by atoms with Gasteiger partial charge in [0.25, 0.3) is 0 Å². The van der Waals surface area contributed by atoms with Crippen molar-refractivity contribution in [3.8, 4) is 10.4 Å². The summed E-state index contributed by atoms with van der Waals surface area (Å²) in [6, 6.07) is 10.7. The van der Waals surface area contributed by atoms with Crippen molar-refractivity contribution in [2.45, 2.75) is 6.92 Å². The van der Waals surface area contributed by atoms with E-state index in [2.05, 4.69) is 47.6 Å². The highest BCUT2D eigenvalue weighted by molar-refractivity contribution is 7.18. The van der Waals surface area contributed by atoms with E-state index in [-0.39, 0.29) is 0 Å². The lowest BCUT2D eigenvalue weighted by Crippen LogP contribution is -1.73. The van der Waals surface area contributed by atoms with E-state index in [1.54, 1.807) is 22.7 Å². The molecule has 0 N–H and O–H groups in total. The highest BCUT2D eigenvalue weighted by Gasteiger charge is 2.03. The molecule has 0 spiro atoms. The van der Waals surface area contributed by atoms with E-state index in [9.17, 15) is 0 Å². The molecule has 74 valence electrons. The van der Waals surface area contributed by atoms with Crippen LogP contribution in [0.15, 0.2) is 35.7 Å². The molecule has 1 aromatic carbocycles. The number of benzene rings is 1. The average molecular weight is 231 g/mol. The van der Waals surface area contributed by atoms with Crippen LogP contribution in [0.5, 0.6) is 0 Å². The molecule has 0 amide bonds. The molecule has 0 aliphatic heterocycles. The number of hydrogen-bond acceptors (Lipinski definition) is 3. The fraction of sp³-hybridized carbons (Fsp3) is 0.0833. The number of fused-ring (bicyclic) bond motifs is 1. The second-order valence-electron chi connectivity index (χ2n) is 3.39. The van der Waals surface area contributed by atoms with Gasteiger partial charge in [0.05, 0.1) is 15.2 Å². The molecule has 0 atom stereocenters. The predicted octanol–water partition coefficient (Wildman–Crippen LogP) is 4.33. The van der Waals surface area contributed by atoms with Crippen molar-refractivity contribution in [1.82, 2.24) is 4.98 Å². The van der Waals surface area contributed by atoms with Crippen molar-refractivity contribution < 1.29 is 0 Å². The molecule has 0 unspecified atom stereocenters. The van der Waals surface area contributed by atoms with Gasteiger partial charge in [0.15, 0.2) is 0 Å². The molecular formula is C12H9NS2. The van der Waals surface area contributed by atoms with Crippen molar-refractivity contribution >= 4 is 32.9 Å². The summed E-state index contributed by atoms with van der Waals surface area (Å²) < 4.78 is 1.27. The third-order valence-electron chi connectivity index (χ3n) is 2.30. The Kier molecular flexibility index (Phi) is 2.08. The van der Waals surface area contributed by atoms with Gasteiger partial charge >= 0.3 is 0 Å². The number of thiophene rings is 1. The maximum atomic E-state index is 4.51. The molecule has 0 bridgehead atoms. The maximum absolute atomic E-state index is 4.51. The highest BCUT2D eigenvalue weighted by atomic mass is 32.1. The molecule has 1 nitrogen and oxygen atoms in total. The van der Waals surface area contributed by atoms with Gasteiger partial charge < -0.3 is 0 Å². The lowest BCUT2D eigenvalue weighted by molar-refractivity contribution is 1.35. The van der Waals surface area contributed by atoms with Gasteiger partial charge in [-0.05, 0) is 36.1 Å². The molecule has 0 radical (unpaired) electrons. The first-order valence-electron chi connectivity index (χ1n) is 4.74. The minimum Gasteiger partial charge on any atom is -0.241 e. The summed E-state index contributed by atoms with van der Waals surface area (Å²) in [6.45, 7) is 2.05. The van der Waals surface area contributed by atoms with Gasteiger partial charge in [-0.2, -0.15) is 0 Å². The van der Waals surface area contributed by atoms with E-state index in [4.69, 9.17) is 0 Å². The standard InChI is InChI=1S/C12H9NS2/c1-8-13-10-7-9(4-5-12(10)15-8)11-3-2-6-14-11/h2-7H,1H3. The lowest BCUT2D eigenvalue weighted by atomic mass is 10.2. The molecule has 0 saturated heterocycles. The van der Waals surface area contributed by atoms with Crippen LogP contribution < -0.4 is 0 Å². The third kappa shape index (κ3) is 1.58. The first-order chi connectivity index (χ1) is 7.33. The molecule has 2 heterocycles. The van der Waals surface area contributed by atoms with Crippen LogP contribution in [-0.4, -0.2) is 4.98 Å². The first-order valence-corrected chi connectivity index (χ1v) is 6.43. The van der Waals surface area contributed by atoms with Crippen LogP contribution in [0, 0.1) is 6.92 Å². The minimum absolute atomic E-state index is 1.11. The lowest BCUT2D eigenvalue weighted by Gasteiger charge is -1.95. The Morgan fingerprint density at radius 3 is 2.93 bits per heavy atom. The van der Waals surface area contributed by atoms with Crippen molar-refractivity contribution in [2.75, 3.05) is 0 Å². The van der Waals surface area contributed by atoms with Gasteiger partial charge in [-0.3, -0.25) is 0 Å². The average Bonchev–Trinajstić information content (AvgIpc) is 2.82. The number of nitrogens with zero attached hydrogens (tertiary/aromatic N) is 1. The zero-order valence-corrected chi connectivity index (χ0v) is 9.86. The Balaban J connectivity index is 2.21. The Bertz CT molecular complexity index is 593. The van der Waals surface area contributed by atoms with Crippen LogP contribution in [0.1, 0.15) is 5.01 Å². The second kappa shape index (κ2) is 3.43. The summed E-state index contributed by atoms with van der Waals surface area (Å²) in [5.74, 6) is 0. The van der Waals surface area contributed by atoms with Gasteiger partial charge in [-0.15, -0.1) is 22.7 Å². The molecule has 15 heavy (non-hydrogen) atoms. The summed E-state index contributed by atoms with van der Waals surface area (Å²) in [7, 11) is 0. The van der Waals surface area contributed by atoms with Crippen LogP contribution in [0.25, 0.3) is 20.7 Å². The molecule has 0 fully saturated rings. The largest absolute Gasteiger partial charge is 0.241 e. The van der Waals surface area contributed by atoms with Gasteiger partial charge in [-0.25, -0.2) is 4.98 Å². The summed E-state index contributed by atoms with van der Waals surface area (Å²) >= 11 is 3.52. The van der Waals surface area contributed by atoms with Crippen molar-refractivity contribution in [1.29, 1.82) is 0 Å². The minimum atomic E-state index is 1.11. The molecule has 0 aliphatic carbocycles. The van der Waals surface area contributed by atoms with E-state index in [0.29, 0.717) is 0 Å². The molecule has 3 heteroatoms. The Morgan fingerprint density at radius 1 is 1.20 bits per heavy atom. The van der Waals surface area contributed by atoms with Gasteiger partial charge in [0, 0.05) is 4.88 Å². The molecule has 0 saturated carbocycles. The van der Waals surface area contributed by atoms with Crippen molar-refractivity contribution in [2.24, 2.45) is 0 Å². The van der Waals surface area contributed by atoms with Crippen molar-refractivity contribution in [3.05, 3.63) is 40.7 Å². The quantitative estimate of drug-likeness (QED) is 0.607. The number of aryl methyl sites for hydroxylation is 1. The topological polar surface area (TPSA) is 12.9 Å². The monoisotopic (exact) mass is 231 g/mol. The fourth-order valence-electron chi connectivity index (χ4n) is 1.64. The molecular weight excluding hydrogens is 222 g/mol. The second-order valence-corrected chi connectivity index (χ2v) is 5.58. The number of thiazole rings is 1. The molecule has 0 aliphatic rings. The van der Waals surface area contributed by atoms with E-state index in [0.717, 1.165) is 10.5 Å². The normalized spacial score (nSPS) is 11.0. The summed E-state index contributed by atoms with van der Waals surface area (Å²) in [5, 5.41) is 3.24. The number of hydrogen-bond donors (Lipinski definition) is 0. The third-order valence-corrected chi connectivity index (χ3v) is 4.17. The van der Waals surface area contributed by atoms with E-state index >= 15 is 0 Å². The smallest absolute Gasteiger partial charge is 0.0907 e. The molecule has 3 aromatic rings. The van der Waals surface area contributed by atoms with Crippen molar-refractivity contribution in [3.63, 3.8) is 0 Å². The Morgan fingerprint density at radius 2 is 2.13 bits per heavy atom. The van der Waals surface area contributed by atoms with Crippen LogP contribution in [-0.2, 0) is 0 Å². The summed E-state index contributed by atoms with van der Waals surface area (Å²) in [4.78, 5) is 5.81.